The van der Waals surface area contributed by atoms with Gasteiger partial charge in [0, 0.05) is 23.1 Å². The van der Waals surface area contributed by atoms with Gasteiger partial charge in [-0.3, -0.25) is 4.79 Å². The van der Waals surface area contributed by atoms with E-state index in [2.05, 4.69) is 20.4 Å². The molecular weight excluding hydrogens is 435 g/mol. The minimum absolute atomic E-state index is 0.202. The monoisotopic (exact) mass is 453 g/mol. The van der Waals surface area contributed by atoms with Crippen molar-refractivity contribution in [3.8, 4) is 0 Å². The minimum atomic E-state index is -1.93. The lowest BCUT2D eigenvalue weighted by Gasteiger charge is -2.29. The van der Waals surface area contributed by atoms with E-state index in [1.165, 1.54) is 47.7 Å². The SMILES string of the molecule is O=C(C=Cc1ccc2cc(F)ccc2n1)NCC(O)(Cn1cncn1)c1ccc(F)cc1F. The lowest BCUT2D eigenvalue weighted by Crippen LogP contribution is -2.44. The number of aliphatic hydroxyl groups is 1. The predicted octanol–water partition coefficient (Wildman–Crippen LogP) is 2.96. The molecule has 0 bridgehead atoms. The summed E-state index contributed by atoms with van der Waals surface area (Å²) in [5.74, 6) is -2.70. The summed E-state index contributed by atoms with van der Waals surface area (Å²) < 4.78 is 42.3. The lowest BCUT2D eigenvalue weighted by molar-refractivity contribution is -0.118. The molecule has 0 aliphatic heterocycles. The first-order valence-electron chi connectivity index (χ1n) is 9.85. The quantitative estimate of drug-likeness (QED) is 0.420. The molecule has 7 nitrogen and oxygen atoms in total. The molecule has 0 aliphatic rings. The zero-order valence-electron chi connectivity index (χ0n) is 17.1. The standard InChI is InChI=1S/C23H18F3N5O2/c24-16-3-7-21-15(9-16)1-4-18(30-21)5-8-22(32)28-11-23(33,12-31-14-27-13-29-31)19-6-2-17(25)10-20(19)26/h1-10,13-14,33H,11-12H2,(H,28,32). The summed E-state index contributed by atoms with van der Waals surface area (Å²) in [6, 6.07) is 10.3. The molecule has 10 heteroatoms. The topological polar surface area (TPSA) is 92.9 Å². The number of nitrogens with one attached hydrogen (secondary N) is 1. The van der Waals surface area contributed by atoms with Crippen LogP contribution in [0.1, 0.15) is 11.3 Å². The highest BCUT2D eigenvalue weighted by Crippen LogP contribution is 2.26. The summed E-state index contributed by atoms with van der Waals surface area (Å²) in [5, 5.41) is 18.2. The Labute approximate surface area is 186 Å². The van der Waals surface area contributed by atoms with E-state index in [9.17, 15) is 23.1 Å². The molecule has 2 heterocycles. The third-order valence-electron chi connectivity index (χ3n) is 4.96. The molecule has 4 aromatic rings. The molecule has 0 aliphatic carbocycles. The summed E-state index contributed by atoms with van der Waals surface area (Å²) in [7, 11) is 0. The van der Waals surface area contributed by atoms with E-state index in [0.717, 1.165) is 12.1 Å². The van der Waals surface area contributed by atoms with Gasteiger partial charge in [0.05, 0.1) is 24.3 Å². The van der Waals surface area contributed by atoms with Crippen molar-refractivity contribution < 1.29 is 23.1 Å². The third kappa shape index (κ3) is 5.24. The van der Waals surface area contributed by atoms with Gasteiger partial charge in [-0.2, -0.15) is 5.10 Å². The van der Waals surface area contributed by atoms with Crippen LogP contribution < -0.4 is 5.32 Å². The Morgan fingerprint density at radius 1 is 1.09 bits per heavy atom. The normalized spacial score (nSPS) is 13.3. The first-order chi connectivity index (χ1) is 15.8. The highest BCUT2D eigenvalue weighted by molar-refractivity contribution is 5.92. The van der Waals surface area contributed by atoms with Crippen LogP contribution in [-0.2, 0) is 16.9 Å². The fraction of sp³-hybridized carbons (Fsp3) is 0.130. The number of benzene rings is 2. The van der Waals surface area contributed by atoms with Crippen molar-refractivity contribution in [1.82, 2.24) is 25.1 Å². The molecule has 2 aromatic carbocycles. The first-order valence-corrected chi connectivity index (χ1v) is 9.85. The Hall–Kier alpha value is -4.05. The van der Waals surface area contributed by atoms with Crippen molar-refractivity contribution >= 4 is 22.9 Å². The Balaban J connectivity index is 1.50. The highest BCUT2D eigenvalue weighted by atomic mass is 19.1. The number of amides is 1. The summed E-state index contributed by atoms with van der Waals surface area (Å²) in [6.07, 6.45) is 5.22. The maximum atomic E-state index is 14.4. The average molecular weight is 453 g/mol. The molecule has 0 fully saturated rings. The summed E-state index contributed by atoms with van der Waals surface area (Å²) in [4.78, 5) is 20.5. The van der Waals surface area contributed by atoms with Crippen molar-refractivity contribution in [3.63, 3.8) is 0 Å². The zero-order valence-corrected chi connectivity index (χ0v) is 17.1. The van der Waals surface area contributed by atoms with E-state index in [-0.39, 0.29) is 24.5 Å². The van der Waals surface area contributed by atoms with Crippen molar-refractivity contribution in [3.05, 3.63) is 96.0 Å². The van der Waals surface area contributed by atoms with Gasteiger partial charge in [-0.05, 0) is 36.4 Å². The van der Waals surface area contributed by atoms with Crippen molar-refractivity contribution in [2.45, 2.75) is 12.1 Å². The van der Waals surface area contributed by atoms with Gasteiger partial charge in [0.15, 0.2) is 0 Å². The van der Waals surface area contributed by atoms with Crippen molar-refractivity contribution in [2.75, 3.05) is 6.54 Å². The van der Waals surface area contributed by atoms with Crippen LogP contribution in [-0.4, -0.2) is 37.3 Å². The largest absolute Gasteiger partial charge is 0.381 e. The molecule has 0 spiro atoms. The van der Waals surface area contributed by atoms with Gasteiger partial charge in [-0.15, -0.1) is 0 Å². The molecule has 33 heavy (non-hydrogen) atoms. The molecule has 2 aromatic heterocycles. The maximum absolute atomic E-state index is 14.4. The molecule has 0 saturated heterocycles. The van der Waals surface area contributed by atoms with Gasteiger partial charge in [0.25, 0.3) is 0 Å². The van der Waals surface area contributed by atoms with E-state index in [1.807, 2.05) is 0 Å². The molecule has 0 saturated carbocycles. The smallest absolute Gasteiger partial charge is 0.244 e. The van der Waals surface area contributed by atoms with E-state index in [4.69, 9.17) is 0 Å². The number of carbonyl (C=O) groups excluding carboxylic acids is 1. The zero-order chi connectivity index (χ0) is 23.4. The summed E-state index contributed by atoms with van der Waals surface area (Å²) >= 11 is 0. The second-order valence-corrected chi connectivity index (χ2v) is 7.37. The van der Waals surface area contributed by atoms with Crippen molar-refractivity contribution in [2.24, 2.45) is 0 Å². The van der Waals surface area contributed by atoms with E-state index in [0.29, 0.717) is 22.7 Å². The minimum Gasteiger partial charge on any atom is -0.381 e. The van der Waals surface area contributed by atoms with Crippen LogP contribution in [0.3, 0.4) is 0 Å². The predicted molar refractivity (Wildman–Crippen MR) is 114 cm³/mol. The Morgan fingerprint density at radius 3 is 2.64 bits per heavy atom. The molecular formula is C23H18F3N5O2. The number of nitrogens with zero attached hydrogens (tertiary/aromatic N) is 4. The number of carbonyl (C=O) groups is 1. The highest BCUT2D eigenvalue weighted by Gasteiger charge is 2.34. The number of rotatable bonds is 7. The molecule has 168 valence electrons. The Bertz CT molecular complexity index is 1330. The molecule has 1 unspecified atom stereocenters. The fourth-order valence-electron chi connectivity index (χ4n) is 3.34. The number of halogens is 3. The third-order valence-corrected chi connectivity index (χ3v) is 4.96. The fourth-order valence-corrected chi connectivity index (χ4v) is 3.34. The van der Waals surface area contributed by atoms with Gasteiger partial charge in [-0.1, -0.05) is 12.1 Å². The first kappa shape index (κ1) is 22.2. The second-order valence-electron chi connectivity index (χ2n) is 7.37. The van der Waals surface area contributed by atoms with Crippen LogP contribution >= 0.6 is 0 Å². The molecule has 4 rings (SSSR count). The lowest BCUT2D eigenvalue weighted by atomic mass is 9.92. The van der Waals surface area contributed by atoms with E-state index in [1.54, 1.807) is 12.1 Å². The maximum Gasteiger partial charge on any atom is 0.244 e. The van der Waals surface area contributed by atoms with Gasteiger partial charge in [0.1, 0.15) is 35.7 Å². The van der Waals surface area contributed by atoms with Gasteiger partial charge >= 0.3 is 0 Å². The number of hydrogen-bond donors (Lipinski definition) is 2. The van der Waals surface area contributed by atoms with E-state index < -0.39 is 23.1 Å². The summed E-state index contributed by atoms with van der Waals surface area (Å²) in [5.41, 5.74) is -1.10. The Morgan fingerprint density at radius 2 is 1.88 bits per heavy atom. The van der Waals surface area contributed by atoms with Gasteiger partial charge < -0.3 is 10.4 Å². The molecule has 0 radical (unpaired) electrons. The average Bonchev–Trinajstić information content (AvgIpc) is 3.29. The molecule has 2 N–H and O–H groups in total. The van der Waals surface area contributed by atoms with E-state index >= 15 is 0 Å². The number of hydrogen-bond acceptors (Lipinski definition) is 5. The van der Waals surface area contributed by atoms with Crippen LogP contribution in [0.2, 0.25) is 0 Å². The van der Waals surface area contributed by atoms with Crippen molar-refractivity contribution in [1.29, 1.82) is 0 Å². The second kappa shape index (κ2) is 9.21. The number of pyridine rings is 1. The van der Waals surface area contributed by atoms with Gasteiger partial charge in [-0.25, -0.2) is 27.8 Å². The van der Waals surface area contributed by atoms with Crippen LogP contribution in [0.25, 0.3) is 17.0 Å². The molecule has 1 atom stereocenters. The number of fused-ring (bicyclic) bond motifs is 1. The Kier molecular flexibility index (Phi) is 6.18. The summed E-state index contributed by atoms with van der Waals surface area (Å²) in [6.45, 7) is -0.620. The van der Waals surface area contributed by atoms with Crippen LogP contribution in [0, 0.1) is 17.5 Å². The van der Waals surface area contributed by atoms with Crippen LogP contribution in [0.4, 0.5) is 13.2 Å². The van der Waals surface area contributed by atoms with Crippen LogP contribution in [0.15, 0.2) is 67.3 Å². The van der Waals surface area contributed by atoms with Gasteiger partial charge in [0.2, 0.25) is 5.91 Å². The number of aromatic nitrogens is 4. The van der Waals surface area contributed by atoms with Crippen LogP contribution in [0.5, 0.6) is 0 Å². The molecule has 1 amide bonds.